The van der Waals surface area contributed by atoms with Crippen molar-refractivity contribution in [1.82, 2.24) is 10.3 Å². The molecule has 1 N–H and O–H groups in total. The summed E-state index contributed by atoms with van der Waals surface area (Å²) < 4.78 is 5.21. The lowest BCUT2D eigenvalue weighted by Crippen LogP contribution is -2.25. The molecule has 1 aliphatic rings. The van der Waals surface area contributed by atoms with E-state index >= 15 is 0 Å². The standard InChI is InChI=1S/C19H24N2O2S/c1-23-15-6-4-5-14(13-15)11-12-20-18(22)9-10-19-21-16-7-2-3-8-17(16)24-19/h4-6,13H,2-3,7-12H2,1H3,(H,20,22). The van der Waals surface area contributed by atoms with E-state index in [2.05, 4.69) is 11.4 Å². The zero-order valence-electron chi connectivity index (χ0n) is 14.1. The second kappa shape index (κ2) is 8.29. The van der Waals surface area contributed by atoms with Crippen molar-refractivity contribution >= 4 is 17.2 Å². The Morgan fingerprint density at radius 1 is 1.29 bits per heavy atom. The van der Waals surface area contributed by atoms with Gasteiger partial charge in [-0.25, -0.2) is 4.98 Å². The van der Waals surface area contributed by atoms with Crippen molar-refractivity contribution in [2.45, 2.75) is 44.9 Å². The summed E-state index contributed by atoms with van der Waals surface area (Å²) in [7, 11) is 1.66. The van der Waals surface area contributed by atoms with Gasteiger partial charge < -0.3 is 10.1 Å². The van der Waals surface area contributed by atoms with Crippen molar-refractivity contribution in [3.8, 4) is 5.75 Å². The Kier molecular flexibility index (Phi) is 5.86. The van der Waals surface area contributed by atoms with E-state index in [0.717, 1.165) is 30.0 Å². The zero-order chi connectivity index (χ0) is 16.8. The topological polar surface area (TPSA) is 51.2 Å². The van der Waals surface area contributed by atoms with Crippen LogP contribution >= 0.6 is 11.3 Å². The molecule has 5 heteroatoms. The maximum atomic E-state index is 12.0. The molecular weight excluding hydrogens is 320 g/mol. The second-order valence-electron chi connectivity index (χ2n) is 6.14. The number of aryl methyl sites for hydroxylation is 3. The summed E-state index contributed by atoms with van der Waals surface area (Å²) in [6.45, 7) is 0.653. The highest BCUT2D eigenvalue weighted by atomic mass is 32.1. The average Bonchev–Trinajstić information content (AvgIpc) is 3.03. The van der Waals surface area contributed by atoms with Gasteiger partial charge in [-0.15, -0.1) is 11.3 Å². The van der Waals surface area contributed by atoms with Gasteiger partial charge in [0, 0.05) is 24.3 Å². The molecule has 0 bridgehead atoms. The number of benzene rings is 1. The van der Waals surface area contributed by atoms with Crippen LogP contribution in [0, 0.1) is 0 Å². The number of amides is 1. The number of nitrogens with zero attached hydrogens (tertiary/aromatic N) is 1. The number of rotatable bonds is 7. The van der Waals surface area contributed by atoms with Gasteiger partial charge in [0.05, 0.1) is 17.8 Å². The smallest absolute Gasteiger partial charge is 0.220 e. The normalized spacial score (nSPS) is 13.4. The number of hydrogen-bond acceptors (Lipinski definition) is 4. The van der Waals surface area contributed by atoms with Gasteiger partial charge in [0.25, 0.3) is 0 Å². The monoisotopic (exact) mass is 344 g/mol. The summed E-state index contributed by atoms with van der Waals surface area (Å²) in [6.07, 6.45) is 6.89. The summed E-state index contributed by atoms with van der Waals surface area (Å²) in [4.78, 5) is 18.1. The Bertz CT molecular complexity index is 673. The molecule has 3 rings (SSSR count). The Hall–Kier alpha value is -1.88. The number of carbonyl (C=O) groups is 1. The van der Waals surface area contributed by atoms with E-state index in [1.54, 1.807) is 18.4 Å². The Balaban J connectivity index is 1.40. The lowest BCUT2D eigenvalue weighted by molar-refractivity contribution is -0.121. The minimum absolute atomic E-state index is 0.103. The quantitative estimate of drug-likeness (QED) is 0.838. The zero-order valence-corrected chi connectivity index (χ0v) is 15.0. The summed E-state index contributed by atoms with van der Waals surface area (Å²) in [5.41, 5.74) is 2.45. The van der Waals surface area contributed by atoms with Gasteiger partial charge in [0.2, 0.25) is 5.91 Å². The van der Waals surface area contributed by atoms with Crippen LogP contribution in [0.15, 0.2) is 24.3 Å². The molecule has 0 spiro atoms. The first kappa shape index (κ1) is 17.0. The van der Waals surface area contributed by atoms with Gasteiger partial charge in [0.1, 0.15) is 5.75 Å². The second-order valence-corrected chi connectivity index (χ2v) is 7.30. The number of hydrogen-bond donors (Lipinski definition) is 1. The highest BCUT2D eigenvalue weighted by molar-refractivity contribution is 7.11. The summed E-state index contributed by atoms with van der Waals surface area (Å²) in [5, 5.41) is 4.11. The van der Waals surface area contributed by atoms with E-state index < -0.39 is 0 Å². The maximum absolute atomic E-state index is 12.0. The third-order valence-electron chi connectivity index (χ3n) is 4.33. The number of thiazole rings is 1. The molecule has 0 radical (unpaired) electrons. The molecule has 0 saturated carbocycles. The molecule has 1 amide bonds. The van der Waals surface area contributed by atoms with E-state index in [1.807, 2.05) is 18.2 Å². The molecule has 0 unspecified atom stereocenters. The SMILES string of the molecule is COc1cccc(CCNC(=O)CCc2nc3c(s2)CCCC3)c1. The van der Waals surface area contributed by atoms with Gasteiger partial charge in [-0.3, -0.25) is 4.79 Å². The van der Waals surface area contributed by atoms with Crippen LogP contribution in [0.2, 0.25) is 0 Å². The van der Waals surface area contributed by atoms with Crippen LogP contribution in [0.1, 0.15) is 40.4 Å². The fraction of sp³-hybridized carbons (Fsp3) is 0.474. The van der Waals surface area contributed by atoms with Crippen molar-refractivity contribution in [3.05, 3.63) is 45.4 Å². The van der Waals surface area contributed by atoms with Crippen LogP contribution in [-0.4, -0.2) is 24.5 Å². The van der Waals surface area contributed by atoms with Gasteiger partial charge in [-0.2, -0.15) is 0 Å². The highest BCUT2D eigenvalue weighted by Gasteiger charge is 2.15. The van der Waals surface area contributed by atoms with Crippen LogP contribution in [0.4, 0.5) is 0 Å². The first-order valence-electron chi connectivity index (χ1n) is 8.61. The van der Waals surface area contributed by atoms with Crippen LogP contribution in [0.3, 0.4) is 0 Å². The van der Waals surface area contributed by atoms with Gasteiger partial charge >= 0.3 is 0 Å². The largest absolute Gasteiger partial charge is 0.497 e. The number of aromatic nitrogens is 1. The van der Waals surface area contributed by atoms with E-state index in [0.29, 0.717) is 13.0 Å². The van der Waals surface area contributed by atoms with Crippen LogP contribution in [-0.2, 0) is 30.5 Å². The van der Waals surface area contributed by atoms with Crippen molar-refractivity contribution < 1.29 is 9.53 Å². The number of ether oxygens (including phenoxy) is 1. The molecule has 0 aliphatic heterocycles. The number of carbonyl (C=O) groups excluding carboxylic acids is 1. The molecule has 0 atom stereocenters. The highest BCUT2D eigenvalue weighted by Crippen LogP contribution is 2.27. The van der Waals surface area contributed by atoms with Gasteiger partial charge in [-0.1, -0.05) is 12.1 Å². The summed E-state index contributed by atoms with van der Waals surface area (Å²) >= 11 is 1.80. The van der Waals surface area contributed by atoms with Crippen molar-refractivity contribution in [2.24, 2.45) is 0 Å². The number of methoxy groups -OCH3 is 1. The fourth-order valence-electron chi connectivity index (χ4n) is 3.00. The molecule has 2 aromatic rings. The molecule has 4 nitrogen and oxygen atoms in total. The lowest BCUT2D eigenvalue weighted by Gasteiger charge is -2.06. The molecule has 1 aromatic carbocycles. The van der Waals surface area contributed by atoms with E-state index in [1.165, 1.54) is 35.4 Å². The van der Waals surface area contributed by atoms with E-state index in [-0.39, 0.29) is 5.91 Å². The number of nitrogens with one attached hydrogen (secondary N) is 1. The summed E-state index contributed by atoms with van der Waals surface area (Å²) in [6, 6.07) is 7.96. The molecular formula is C19H24N2O2S. The molecule has 1 aliphatic carbocycles. The van der Waals surface area contributed by atoms with Crippen molar-refractivity contribution in [2.75, 3.05) is 13.7 Å². The molecule has 0 fully saturated rings. The Labute approximate surface area is 147 Å². The first-order valence-corrected chi connectivity index (χ1v) is 9.43. The molecule has 1 aromatic heterocycles. The predicted octanol–water partition coefficient (Wildman–Crippen LogP) is 3.32. The van der Waals surface area contributed by atoms with Gasteiger partial charge in [-0.05, 0) is 49.8 Å². The van der Waals surface area contributed by atoms with Crippen molar-refractivity contribution in [1.29, 1.82) is 0 Å². The Morgan fingerprint density at radius 3 is 3.00 bits per heavy atom. The predicted molar refractivity (Wildman–Crippen MR) is 96.8 cm³/mol. The summed E-state index contributed by atoms with van der Waals surface area (Å²) in [5.74, 6) is 0.956. The minimum atomic E-state index is 0.103. The third kappa shape index (κ3) is 4.57. The van der Waals surface area contributed by atoms with Crippen LogP contribution in [0.5, 0.6) is 5.75 Å². The molecule has 128 valence electrons. The van der Waals surface area contributed by atoms with Crippen LogP contribution < -0.4 is 10.1 Å². The van der Waals surface area contributed by atoms with Crippen molar-refractivity contribution in [3.63, 3.8) is 0 Å². The van der Waals surface area contributed by atoms with E-state index in [9.17, 15) is 4.79 Å². The van der Waals surface area contributed by atoms with E-state index in [4.69, 9.17) is 9.72 Å². The third-order valence-corrected chi connectivity index (χ3v) is 5.54. The molecule has 0 saturated heterocycles. The fourth-order valence-corrected chi connectivity index (χ4v) is 4.15. The average molecular weight is 344 g/mol. The lowest BCUT2D eigenvalue weighted by atomic mass is 10.0. The maximum Gasteiger partial charge on any atom is 0.220 e. The number of fused-ring (bicyclic) bond motifs is 1. The van der Waals surface area contributed by atoms with Gasteiger partial charge in [0.15, 0.2) is 0 Å². The minimum Gasteiger partial charge on any atom is -0.497 e. The Morgan fingerprint density at radius 2 is 2.17 bits per heavy atom. The molecule has 24 heavy (non-hydrogen) atoms. The first-order chi connectivity index (χ1) is 11.7. The van der Waals surface area contributed by atoms with Crippen LogP contribution in [0.25, 0.3) is 0 Å². The molecule has 1 heterocycles.